The summed E-state index contributed by atoms with van der Waals surface area (Å²) >= 11 is 0. The molecule has 0 unspecified atom stereocenters. The van der Waals surface area contributed by atoms with Crippen LogP contribution in [0.15, 0.2) is 6.20 Å². The Labute approximate surface area is 95.3 Å². The third-order valence-corrected chi connectivity index (χ3v) is 3.42. The van der Waals surface area contributed by atoms with Crippen LogP contribution in [-0.2, 0) is 13.0 Å². The van der Waals surface area contributed by atoms with Crippen LogP contribution in [0.1, 0.15) is 42.7 Å². The predicted molar refractivity (Wildman–Crippen MR) is 60.5 cm³/mol. The van der Waals surface area contributed by atoms with Gasteiger partial charge in [-0.25, -0.2) is 4.79 Å². The molecule has 1 heterocycles. The number of carbonyl (C=O) groups is 1. The highest BCUT2D eigenvalue weighted by Crippen LogP contribution is 2.34. The molecule has 1 fully saturated rings. The summed E-state index contributed by atoms with van der Waals surface area (Å²) in [6.45, 7) is 5.10. The number of aromatic nitrogens is 2. The van der Waals surface area contributed by atoms with E-state index >= 15 is 0 Å². The highest BCUT2D eigenvalue weighted by molar-refractivity contribution is 5.88. The molecule has 0 bridgehead atoms. The number of aromatic carboxylic acids is 1. The van der Waals surface area contributed by atoms with E-state index in [9.17, 15) is 4.79 Å². The fourth-order valence-electron chi connectivity index (χ4n) is 2.58. The number of hydrogen-bond acceptors (Lipinski definition) is 2. The molecule has 0 amide bonds. The van der Waals surface area contributed by atoms with E-state index in [1.807, 2.05) is 11.6 Å². The van der Waals surface area contributed by atoms with Crippen molar-refractivity contribution in [1.29, 1.82) is 0 Å². The second kappa shape index (κ2) is 4.28. The number of nitrogens with zero attached hydrogens (tertiary/aromatic N) is 2. The van der Waals surface area contributed by atoms with Crippen molar-refractivity contribution in [2.75, 3.05) is 0 Å². The Balaban J connectivity index is 2.11. The Bertz CT molecular complexity index is 392. The molecule has 4 heteroatoms. The molecule has 0 atom stereocenters. The van der Waals surface area contributed by atoms with Crippen LogP contribution in [0.4, 0.5) is 0 Å². The summed E-state index contributed by atoms with van der Waals surface area (Å²) < 4.78 is 1.88. The van der Waals surface area contributed by atoms with Crippen LogP contribution in [0.2, 0.25) is 0 Å². The lowest BCUT2D eigenvalue weighted by atomic mass is 9.76. The van der Waals surface area contributed by atoms with Gasteiger partial charge in [-0.15, -0.1) is 0 Å². The van der Waals surface area contributed by atoms with Crippen molar-refractivity contribution in [2.24, 2.45) is 11.8 Å². The first-order valence-electron chi connectivity index (χ1n) is 5.89. The van der Waals surface area contributed by atoms with Crippen molar-refractivity contribution >= 4 is 5.97 Å². The lowest BCUT2D eigenvalue weighted by molar-refractivity contribution is 0.0695. The average molecular weight is 222 g/mol. The number of rotatable bonds is 4. The fraction of sp³-hybridized carbons (Fsp3) is 0.667. The molecule has 1 saturated carbocycles. The Morgan fingerprint density at radius 3 is 2.81 bits per heavy atom. The Morgan fingerprint density at radius 1 is 1.62 bits per heavy atom. The van der Waals surface area contributed by atoms with Crippen molar-refractivity contribution in [3.05, 3.63) is 17.5 Å². The first-order valence-corrected chi connectivity index (χ1v) is 5.89. The summed E-state index contributed by atoms with van der Waals surface area (Å²) in [4.78, 5) is 11.0. The average Bonchev–Trinajstić information content (AvgIpc) is 2.58. The largest absolute Gasteiger partial charge is 0.478 e. The topological polar surface area (TPSA) is 55.1 Å². The minimum absolute atomic E-state index is 0.356. The van der Waals surface area contributed by atoms with Crippen molar-refractivity contribution in [3.63, 3.8) is 0 Å². The van der Waals surface area contributed by atoms with E-state index in [-0.39, 0.29) is 0 Å². The van der Waals surface area contributed by atoms with Crippen molar-refractivity contribution in [3.8, 4) is 0 Å². The monoisotopic (exact) mass is 222 g/mol. The SMILES string of the molecule is CCc1c(C(=O)O)cnn1CC1CC(C)C1. The molecule has 0 radical (unpaired) electrons. The quantitative estimate of drug-likeness (QED) is 0.849. The minimum atomic E-state index is -0.870. The van der Waals surface area contributed by atoms with Gasteiger partial charge in [0.2, 0.25) is 0 Å². The zero-order valence-corrected chi connectivity index (χ0v) is 9.81. The standard InChI is InChI=1S/C12H18N2O2/c1-3-11-10(12(15)16)6-13-14(11)7-9-4-8(2)5-9/h6,8-9H,3-5,7H2,1-2H3,(H,15,16). The normalized spacial score (nSPS) is 24.1. The lowest BCUT2D eigenvalue weighted by Gasteiger charge is -2.32. The van der Waals surface area contributed by atoms with Gasteiger partial charge in [0.05, 0.1) is 11.9 Å². The smallest absolute Gasteiger partial charge is 0.339 e. The summed E-state index contributed by atoms with van der Waals surface area (Å²) in [7, 11) is 0. The van der Waals surface area contributed by atoms with Gasteiger partial charge < -0.3 is 5.11 Å². The number of carboxylic acid groups (broad SMARTS) is 1. The second-order valence-electron chi connectivity index (χ2n) is 4.79. The zero-order chi connectivity index (χ0) is 11.7. The molecular weight excluding hydrogens is 204 g/mol. The summed E-state index contributed by atoms with van der Waals surface area (Å²) in [5.74, 6) is 0.636. The molecule has 1 N–H and O–H groups in total. The van der Waals surface area contributed by atoms with Crippen LogP contribution < -0.4 is 0 Å². The highest BCUT2D eigenvalue weighted by Gasteiger charge is 2.27. The molecular formula is C12H18N2O2. The van der Waals surface area contributed by atoms with E-state index < -0.39 is 5.97 Å². The third kappa shape index (κ3) is 1.96. The van der Waals surface area contributed by atoms with Crippen LogP contribution >= 0.6 is 0 Å². The molecule has 2 rings (SSSR count). The summed E-state index contributed by atoms with van der Waals surface area (Å²) in [5.41, 5.74) is 1.21. The van der Waals surface area contributed by atoms with E-state index in [0.717, 1.165) is 24.6 Å². The van der Waals surface area contributed by atoms with Gasteiger partial charge in [0.25, 0.3) is 0 Å². The molecule has 88 valence electrons. The first-order chi connectivity index (χ1) is 7.61. The maximum absolute atomic E-state index is 11.0. The predicted octanol–water partition coefficient (Wildman–Crippen LogP) is 2.19. The van der Waals surface area contributed by atoms with Gasteiger partial charge >= 0.3 is 5.97 Å². The number of carboxylic acids is 1. The molecule has 1 aliphatic carbocycles. The molecule has 0 aliphatic heterocycles. The van der Waals surface area contributed by atoms with Gasteiger partial charge in [-0.1, -0.05) is 13.8 Å². The molecule has 1 aromatic rings. The molecule has 0 spiro atoms. The maximum Gasteiger partial charge on any atom is 0.339 e. The van der Waals surface area contributed by atoms with E-state index in [1.165, 1.54) is 19.0 Å². The van der Waals surface area contributed by atoms with Gasteiger partial charge in [-0.2, -0.15) is 5.10 Å². The summed E-state index contributed by atoms with van der Waals surface area (Å²) in [5, 5.41) is 13.2. The third-order valence-electron chi connectivity index (χ3n) is 3.42. The van der Waals surface area contributed by atoms with E-state index in [2.05, 4.69) is 12.0 Å². The van der Waals surface area contributed by atoms with E-state index in [0.29, 0.717) is 11.5 Å². The van der Waals surface area contributed by atoms with Crippen LogP contribution in [0, 0.1) is 11.8 Å². The maximum atomic E-state index is 11.0. The molecule has 4 nitrogen and oxygen atoms in total. The van der Waals surface area contributed by atoms with Gasteiger partial charge in [0.15, 0.2) is 0 Å². The molecule has 1 aliphatic rings. The van der Waals surface area contributed by atoms with Crippen LogP contribution in [0.25, 0.3) is 0 Å². The van der Waals surface area contributed by atoms with Crippen molar-refractivity contribution in [1.82, 2.24) is 9.78 Å². The van der Waals surface area contributed by atoms with Crippen LogP contribution in [0.3, 0.4) is 0 Å². The minimum Gasteiger partial charge on any atom is -0.478 e. The van der Waals surface area contributed by atoms with Gasteiger partial charge in [0, 0.05) is 6.54 Å². The van der Waals surface area contributed by atoms with Gasteiger partial charge in [0.1, 0.15) is 5.56 Å². The van der Waals surface area contributed by atoms with Crippen molar-refractivity contribution in [2.45, 2.75) is 39.7 Å². The lowest BCUT2D eigenvalue weighted by Crippen LogP contribution is -2.26. The summed E-state index contributed by atoms with van der Waals surface area (Å²) in [6, 6.07) is 0. The first kappa shape index (κ1) is 11.2. The molecule has 16 heavy (non-hydrogen) atoms. The van der Waals surface area contributed by atoms with E-state index in [4.69, 9.17) is 5.11 Å². The van der Waals surface area contributed by atoms with Crippen LogP contribution in [0.5, 0.6) is 0 Å². The Hall–Kier alpha value is -1.32. The Morgan fingerprint density at radius 2 is 2.31 bits per heavy atom. The number of hydrogen-bond donors (Lipinski definition) is 1. The molecule has 1 aromatic heterocycles. The fourth-order valence-corrected chi connectivity index (χ4v) is 2.58. The van der Waals surface area contributed by atoms with Crippen LogP contribution in [-0.4, -0.2) is 20.9 Å². The summed E-state index contributed by atoms with van der Waals surface area (Å²) in [6.07, 6.45) is 4.68. The molecule has 0 saturated heterocycles. The second-order valence-corrected chi connectivity index (χ2v) is 4.79. The Kier molecular flexibility index (Phi) is 2.99. The van der Waals surface area contributed by atoms with Gasteiger partial charge in [-0.05, 0) is 31.1 Å². The highest BCUT2D eigenvalue weighted by atomic mass is 16.4. The zero-order valence-electron chi connectivity index (χ0n) is 9.81. The van der Waals surface area contributed by atoms with E-state index in [1.54, 1.807) is 0 Å². The van der Waals surface area contributed by atoms with Crippen molar-refractivity contribution < 1.29 is 9.90 Å². The van der Waals surface area contributed by atoms with Gasteiger partial charge in [-0.3, -0.25) is 4.68 Å². The molecule has 0 aromatic carbocycles.